The summed E-state index contributed by atoms with van der Waals surface area (Å²) in [4.78, 5) is 0. The SMILES string of the molecule is Clc1ccc(-c2ccc3c4ccccc4n(-c4ccccc4)c3c2)cc1. The Morgan fingerprint density at radius 1 is 0.538 bits per heavy atom. The second-order valence-electron chi connectivity index (χ2n) is 6.43. The van der Waals surface area contributed by atoms with E-state index in [2.05, 4.69) is 89.5 Å². The molecule has 5 rings (SSSR count). The van der Waals surface area contributed by atoms with Crippen molar-refractivity contribution in [2.24, 2.45) is 0 Å². The van der Waals surface area contributed by atoms with Gasteiger partial charge in [-0.1, -0.05) is 72.3 Å². The molecule has 4 aromatic carbocycles. The summed E-state index contributed by atoms with van der Waals surface area (Å²) in [7, 11) is 0. The molecule has 1 aromatic heterocycles. The average Bonchev–Trinajstić information content (AvgIpc) is 3.03. The Bertz CT molecular complexity index is 1220. The minimum atomic E-state index is 0.758. The molecule has 124 valence electrons. The van der Waals surface area contributed by atoms with Crippen molar-refractivity contribution in [2.75, 3.05) is 0 Å². The Balaban J connectivity index is 1.85. The van der Waals surface area contributed by atoms with Gasteiger partial charge in [-0.15, -0.1) is 0 Å². The van der Waals surface area contributed by atoms with Crippen LogP contribution in [0.4, 0.5) is 0 Å². The maximum absolute atomic E-state index is 6.05. The zero-order chi connectivity index (χ0) is 17.5. The lowest BCUT2D eigenvalue weighted by Crippen LogP contribution is -1.93. The summed E-state index contributed by atoms with van der Waals surface area (Å²) in [6.45, 7) is 0. The van der Waals surface area contributed by atoms with Gasteiger partial charge in [0.05, 0.1) is 11.0 Å². The van der Waals surface area contributed by atoms with Crippen LogP contribution < -0.4 is 0 Å². The quantitative estimate of drug-likeness (QED) is 0.319. The monoisotopic (exact) mass is 353 g/mol. The third-order valence-electron chi connectivity index (χ3n) is 4.87. The molecular formula is C24H16ClN. The first-order valence-corrected chi connectivity index (χ1v) is 9.04. The highest BCUT2D eigenvalue weighted by molar-refractivity contribution is 6.30. The van der Waals surface area contributed by atoms with E-state index in [1.54, 1.807) is 0 Å². The topological polar surface area (TPSA) is 4.93 Å². The second kappa shape index (κ2) is 6.05. The zero-order valence-corrected chi connectivity index (χ0v) is 14.8. The van der Waals surface area contributed by atoms with Crippen LogP contribution in [0.2, 0.25) is 5.02 Å². The molecule has 0 aliphatic carbocycles. The fraction of sp³-hybridized carbons (Fsp3) is 0. The van der Waals surface area contributed by atoms with Gasteiger partial charge in [0.1, 0.15) is 0 Å². The Kier molecular flexibility index (Phi) is 3.55. The first-order chi connectivity index (χ1) is 12.8. The molecule has 1 heterocycles. The average molecular weight is 354 g/mol. The number of aromatic nitrogens is 1. The molecule has 0 saturated heterocycles. The van der Waals surface area contributed by atoms with Gasteiger partial charge in [0.25, 0.3) is 0 Å². The van der Waals surface area contributed by atoms with E-state index in [1.165, 1.54) is 38.6 Å². The fourth-order valence-corrected chi connectivity index (χ4v) is 3.77. The molecule has 0 unspecified atom stereocenters. The maximum atomic E-state index is 6.05. The first-order valence-electron chi connectivity index (χ1n) is 8.66. The zero-order valence-electron chi connectivity index (χ0n) is 14.1. The van der Waals surface area contributed by atoms with Crippen molar-refractivity contribution in [3.63, 3.8) is 0 Å². The van der Waals surface area contributed by atoms with Gasteiger partial charge in [-0.3, -0.25) is 0 Å². The number of para-hydroxylation sites is 2. The molecule has 0 saturated carbocycles. The lowest BCUT2D eigenvalue weighted by Gasteiger charge is -2.09. The van der Waals surface area contributed by atoms with E-state index in [0.717, 1.165) is 5.02 Å². The summed E-state index contributed by atoms with van der Waals surface area (Å²) >= 11 is 6.05. The minimum absolute atomic E-state index is 0.758. The number of rotatable bonds is 2. The highest BCUT2D eigenvalue weighted by Crippen LogP contribution is 2.34. The van der Waals surface area contributed by atoms with Gasteiger partial charge < -0.3 is 4.57 Å². The van der Waals surface area contributed by atoms with E-state index in [1.807, 2.05) is 12.1 Å². The van der Waals surface area contributed by atoms with Crippen LogP contribution in [0, 0.1) is 0 Å². The number of halogens is 1. The van der Waals surface area contributed by atoms with Gasteiger partial charge in [-0.25, -0.2) is 0 Å². The number of fused-ring (bicyclic) bond motifs is 3. The molecule has 0 radical (unpaired) electrons. The summed E-state index contributed by atoms with van der Waals surface area (Å²) in [5.74, 6) is 0. The van der Waals surface area contributed by atoms with E-state index in [9.17, 15) is 0 Å². The van der Waals surface area contributed by atoms with Crippen LogP contribution in [0.3, 0.4) is 0 Å². The van der Waals surface area contributed by atoms with E-state index < -0.39 is 0 Å². The molecular weight excluding hydrogens is 338 g/mol. The number of nitrogens with zero attached hydrogens (tertiary/aromatic N) is 1. The van der Waals surface area contributed by atoms with Crippen molar-refractivity contribution in [2.45, 2.75) is 0 Å². The standard InChI is InChI=1S/C24H16ClN/c25-19-13-10-17(11-14-19)18-12-15-22-21-8-4-5-9-23(21)26(24(22)16-18)20-6-2-1-3-7-20/h1-16H. The van der Waals surface area contributed by atoms with Crippen molar-refractivity contribution in [1.29, 1.82) is 0 Å². The normalized spacial score (nSPS) is 11.3. The van der Waals surface area contributed by atoms with Gasteiger partial charge in [-0.2, -0.15) is 0 Å². The molecule has 0 N–H and O–H groups in total. The van der Waals surface area contributed by atoms with E-state index in [0.29, 0.717) is 0 Å². The highest BCUT2D eigenvalue weighted by atomic mass is 35.5. The smallest absolute Gasteiger partial charge is 0.0547 e. The van der Waals surface area contributed by atoms with Crippen LogP contribution in [-0.4, -0.2) is 4.57 Å². The highest BCUT2D eigenvalue weighted by Gasteiger charge is 2.12. The molecule has 1 nitrogen and oxygen atoms in total. The van der Waals surface area contributed by atoms with Crippen molar-refractivity contribution in [1.82, 2.24) is 4.57 Å². The Hall–Kier alpha value is -3.03. The third kappa shape index (κ3) is 2.40. The summed E-state index contributed by atoms with van der Waals surface area (Å²) in [6.07, 6.45) is 0. The van der Waals surface area contributed by atoms with Gasteiger partial charge in [-0.05, 0) is 47.5 Å². The van der Waals surface area contributed by atoms with Crippen LogP contribution in [0.25, 0.3) is 38.6 Å². The van der Waals surface area contributed by atoms with Crippen molar-refractivity contribution >= 4 is 33.4 Å². The van der Waals surface area contributed by atoms with Gasteiger partial charge in [0.2, 0.25) is 0 Å². The Labute approximate surface area is 157 Å². The predicted octanol–water partition coefficient (Wildman–Crippen LogP) is 7.10. The molecule has 0 fully saturated rings. The third-order valence-corrected chi connectivity index (χ3v) is 5.12. The Morgan fingerprint density at radius 2 is 1.19 bits per heavy atom. The molecule has 0 bridgehead atoms. The molecule has 0 aliphatic heterocycles. The molecule has 2 heteroatoms. The van der Waals surface area contributed by atoms with Crippen LogP contribution >= 0.6 is 11.6 Å². The number of hydrogen-bond acceptors (Lipinski definition) is 0. The predicted molar refractivity (Wildman–Crippen MR) is 111 cm³/mol. The van der Waals surface area contributed by atoms with E-state index in [4.69, 9.17) is 11.6 Å². The molecule has 0 amide bonds. The number of benzene rings is 4. The second-order valence-corrected chi connectivity index (χ2v) is 6.86. The van der Waals surface area contributed by atoms with Crippen LogP contribution in [0.5, 0.6) is 0 Å². The van der Waals surface area contributed by atoms with E-state index in [-0.39, 0.29) is 0 Å². The van der Waals surface area contributed by atoms with Crippen molar-refractivity contribution < 1.29 is 0 Å². The van der Waals surface area contributed by atoms with Gasteiger partial charge in [0, 0.05) is 21.5 Å². The Morgan fingerprint density at radius 3 is 2.00 bits per heavy atom. The van der Waals surface area contributed by atoms with E-state index >= 15 is 0 Å². The van der Waals surface area contributed by atoms with Crippen molar-refractivity contribution in [3.05, 3.63) is 102 Å². The summed E-state index contributed by atoms with van der Waals surface area (Å²) in [5.41, 5.74) is 5.97. The van der Waals surface area contributed by atoms with Crippen molar-refractivity contribution in [3.8, 4) is 16.8 Å². The fourth-order valence-electron chi connectivity index (χ4n) is 3.65. The lowest BCUT2D eigenvalue weighted by molar-refractivity contribution is 1.18. The molecule has 5 aromatic rings. The summed E-state index contributed by atoms with van der Waals surface area (Å²) < 4.78 is 2.34. The minimum Gasteiger partial charge on any atom is -0.309 e. The van der Waals surface area contributed by atoms with Crippen LogP contribution in [0.15, 0.2) is 97.1 Å². The lowest BCUT2D eigenvalue weighted by atomic mass is 10.0. The van der Waals surface area contributed by atoms with Gasteiger partial charge in [0.15, 0.2) is 0 Å². The molecule has 0 atom stereocenters. The molecule has 26 heavy (non-hydrogen) atoms. The molecule has 0 spiro atoms. The van der Waals surface area contributed by atoms with Gasteiger partial charge >= 0.3 is 0 Å². The van der Waals surface area contributed by atoms with Crippen LogP contribution in [0.1, 0.15) is 0 Å². The number of hydrogen-bond donors (Lipinski definition) is 0. The molecule has 0 aliphatic rings. The maximum Gasteiger partial charge on any atom is 0.0547 e. The largest absolute Gasteiger partial charge is 0.309 e. The summed E-state index contributed by atoms with van der Waals surface area (Å²) in [6, 6.07) is 33.8. The first kappa shape index (κ1) is 15.2. The van der Waals surface area contributed by atoms with Crippen LogP contribution in [-0.2, 0) is 0 Å². The summed E-state index contributed by atoms with van der Waals surface area (Å²) in [5, 5.41) is 3.30.